The van der Waals surface area contributed by atoms with Crippen LogP contribution in [0.1, 0.15) is 12.8 Å². The fourth-order valence-corrected chi connectivity index (χ4v) is 6.26. The Balaban J connectivity index is 1.18. The summed E-state index contributed by atoms with van der Waals surface area (Å²) < 4.78 is 27.6. The molecule has 2 amide bonds. The van der Waals surface area contributed by atoms with E-state index in [9.17, 15) is 18.0 Å². The van der Waals surface area contributed by atoms with Gasteiger partial charge in [0.15, 0.2) is 0 Å². The largest absolute Gasteiger partial charge is 0.371 e. The second-order valence-electron chi connectivity index (χ2n) is 8.98. The maximum absolute atomic E-state index is 13.2. The van der Waals surface area contributed by atoms with E-state index in [0.29, 0.717) is 17.9 Å². The third-order valence-corrected chi connectivity index (χ3v) is 8.81. The molecule has 11 heteroatoms. The van der Waals surface area contributed by atoms with Crippen molar-refractivity contribution in [3.05, 3.63) is 65.9 Å². The maximum Gasteiger partial charge on any atom is 0.256 e. The van der Waals surface area contributed by atoms with E-state index < -0.39 is 15.9 Å². The number of pyridine rings is 1. The highest BCUT2D eigenvalue weighted by Crippen LogP contribution is 2.26. The van der Waals surface area contributed by atoms with Crippen LogP contribution in [-0.4, -0.2) is 67.3 Å². The standard InChI is InChI=1S/C25H26ClN5O4S/c26-21-3-1-20-16-23(4-2-19(20)15-21)36(34,35)30-13-14-31(24(32)17-30)28-25(33)18-7-11-29(12-8-18)22-5-9-27-10-6-22/h1-6,9-10,15-16,18H,7-8,11-14,17H2,(H,28,33). The molecule has 0 aliphatic carbocycles. The van der Waals surface area contributed by atoms with E-state index in [1.807, 2.05) is 12.1 Å². The molecule has 0 bridgehead atoms. The summed E-state index contributed by atoms with van der Waals surface area (Å²) >= 11 is 6.01. The summed E-state index contributed by atoms with van der Waals surface area (Å²) in [5, 5.41) is 3.39. The first kappa shape index (κ1) is 24.5. The predicted molar refractivity (Wildman–Crippen MR) is 137 cm³/mol. The fraction of sp³-hybridized carbons (Fsp3) is 0.320. The lowest BCUT2D eigenvalue weighted by molar-refractivity contribution is -0.146. The molecule has 2 fully saturated rings. The Hall–Kier alpha value is -3.21. The van der Waals surface area contributed by atoms with Crippen LogP contribution in [0.5, 0.6) is 0 Å². The van der Waals surface area contributed by atoms with E-state index in [1.54, 1.807) is 42.7 Å². The molecule has 2 aliphatic heterocycles. The highest BCUT2D eigenvalue weighted by molar-refractivity contribution is 7.89. The van der Waals surface area contributed by atoms with Gasteiger partial charge in [0.25, 0.3) is 5.91 Å². The van der Waals surface area contributed by atoms with Gasteiger partial charge < -0.3 is 4.90 Å². The quantitative estimate of drug-likeness (QED) is 0.547. The van der Waals surface area contributed by atoms with Gasteiger partial charge in [0, 0.05) is 48.7 Å². The van der Waals surface area contributed by atoms with Crippen molar-refractivity contribution in [2.45, 2.75) is 17.7 Å². The SMILES string of the molecule is O=C(NN1CCN(S(=O)(=O)c2ccc3cc(Cl)ccc3c2)CC1=O)C1CCN(c2ccncc2)CC1. The van der Waals surface area contributed by atoms with Gasteiger partial charge in [-0.15, -0.1) is 0 Å². The first-order valence-electron chi connectivity index (χ1n) is 11.8. The number of aromatic nitrogens is 1. The lowest BCUT2D eigenvalue weighted by atomic mass is 9.96. The van der Waals surface area contributed by atoms with Gasteiger partial charge in [0.05, 0.1) is 18.0 Å². The number of fused-ring (bicyclic) bond motifs is 1. The predicted octanol–water partition coefficient (Wildman–Crippen LogP) is 2.67. The van der Waals surface area contributed by atoms with Crippen molar-refractivity contribution in [1.82, 2.24) is 19.7 Å². The number of nitrogens with one attached hydrogen (secondary N) is 1. The van der Waals surface area contributed by atoms with Crippen molar-refractivity contribution >= 4 is 49.9 Å². The summed E-state index contributed by atoms with van der Waals surface area (Å²) in [5.41, 5.74) is 3.79. The van der Waals surface area contributed by atoms with Crippen LogP contribution in [0.4, 0.5) is 5.69 Å². The number of piperazine rings is 1. The fourth-order valence-electron chi connectivity index (χ4n) is 4.66. The highest BCUT2D eigenvalue weighted by Gasteiger charge is 2.35. The number of halogens is 1. The van der Waals surface area contributed by atoms with Gasteiger partial charge in [0.1, 0.15) is 0 Å². The van der Waals surface area contributed by atoms with Crippen LogP contribution in [0.2, 0.25) is 5.02 Å². The van der Waals surface area contributed by atoms with Crippen LogP contribution in [0.3, 0.4) is 0 Å². The molecule has 36 heavy (non-hydrogen) atoms. The Morgan fingerprint density at radius 2 is 1.64 bits per heavy atom. The van der Waals surface area contributed by atoms with Crippen molar-refractivity contribution in [2.24, 2.45) is 5.92 Å². The molecule has 1 N–H and O–H groups in total. The van der Waals surface area contributed by atoms with Gasteiger partial charge in [-0.2, -0.15) is 4.31 Å². The number of rotatable bonds is 5. The Kier molecular flexibility index (Phi) is 6.83. The van der Waals surface area contributed by atoms with Crippen molar-refractivity contribution in [2.75, 3.05) is 37.6 Å². The molecule has 5 rings (SSSR count). The molecule has 0 radical (unpaired) electrons. The number of benzene rings is 2. The number of hydrogen-bond acceptors (Lipinski definition) is 6. The van der Waals surface area contributed by atoms with Gasteiger partial charge in [-0.25, -0.2) is 8.42 Å². The molecule has 0 saturated carbocycles. The van der Waals surface area contributed by atoms with Gasteiger partial charge in [-0.05, 0) is 60.0 Å². The molecule has 2 aromatic carbocycles. The number of carbonyl (C=O) groups excluding carboxylic acids is 2. The van der Waals surface area contributed by atoms with E-state index >= 15 is 0 Å². The van der Waals surface area contributed by atoms with Crippen molar-refractivity contribution in [3.8, 4) is 0 Å². The molecule has 3 aromatic rings. The number of piperidine rings is 1. The first-order chi connectivity index (χ1) is 17.3. The molecule has 0 atom stereocenters. The molecular formula is C25H26ClN5O4S. The second kappa shape index (κ2) is 10.0. The Morgan fingerprint density at radius 3 is 2.36 bits per heavy atom. The second-order valence-corrected chi connectivity index (χ2v) is 11.4. The number of sulfonamides is 1. The zero-order valence-corrected chi connectivity index (χ0v) is 21.1. The summed E-state index contributed by atoms with van der Waals surface area (Å²) in [6.45, 7) is 1.32. The topological polar surface area (TPSA) is 103 Å². The lowest BCUT2D eigenvalue weighted by Crippen LogP contribution is -2.59. The molecular weight excluding hydrogens is 502 g/mol. The summed E-state index contributed by atoms with van der Waals surface area (Å²) in [4.78, 5) is 32.0. The molecule has 0 spiro atoms. The minimum absolute atomic E-state index is 0.0862. The normalized spacial score (nSPS) is 18.0. The molecule has 0 unspecified atom stereocenters. The van der Waals surface area contributed by atoms with Gasteiger partial charge in [-0.1, -0.05) is 23.7 Å². The average Bonchev–Trinajstić information content (AvgIpc) is 2.90. The van der Waals surface area contributed by atoms with Crippen LogP contribution in [0.15, 0.2) is 65.8 Å². The number of hydrogen-bond donors (Lipinski definition) is 1. The molecule has 2 aliphatic rings. The Morgan fingerprint density at radius 1 is 0.944 bits per heavy atom. The zero-order chi connectivity index (χ0) is 25.3. The molecule has 2 saturated heterocycles. The highest BCUT2D eigenvalue weighted by atomic mass is 35.5. The number of hydrazine groups is 1. The minimum Gasteiger partial charge on any atom is -0.371 e. The third kappa shape index (κ3) is 5.02. The third-order valence-electron chi connectivity index (χ3n) is 6.74. The van der Waals surface area contributed by atoms with Crippen LogP contribution >= 0.6 is 11.6 Å². The van der Waals surface area contributed by atoms with E-state index in [4.69, 9.17) is 11.6 Å². The molecule has 3 heterocycles. The van der Waals surface area contributed by atoms with Crippen molar-refractivity contribution in [3.63, 3.8) is 0 Å². The summed E-state index contributed by atoms with van der Waals surface area (Å²) in [7, 11) is -3.87. The van der Waals surface area contributed by atoms with E-state index in [0.717, 1.165) is 33.9 Å². The number of nitrogens with zero attached hydrogens (tertiary/aromatic N) is 4. The first-order valence-corrected chi connectivity index (χ1v) is 13.6. The average molecular weight is 528 g/mol. The van der Waals surface area contributed by atoms with Gasteiger partial charge in [0.2, 0.25) is 15.9 Å². The van der Waals surface area contributed by atoms with E-state index in [1.165, 1.54) is 11.1 Å². The van der Waals surface area contributed by atoms with Crippen LogP contribution in [-0.2, 0) is 19.6 Å². The van der Waals surface area contributed by atoms with Crippen molar-refractivity contribution < 1.29 is 18.0 Å². The Labute approximate surface area is 214 Å². The number of anilines is 1. The van der Waals surface area contributed by atoms with Gasteiger partial charge >= 0.3 is 0 Å². The van der Waals surface area contributed by atoms with Gasteiger partial charge in [-0.3, -0.25) is 25.0 Å². The molecule has 1 aromatic heterocycles. The van der Waals surface area contributed by atoms with Crippen LogP contribution in [0.25, 0.3) is 10.8 Å². The van der Waals surface area contributed by atoms with E-state index in [-0.39, 0.29) is 36.4 Å². The summed E-state index contributed by atoms with van der Waals surface area (Å²) in [6.07, 6.45) is 4.83. The monoisotopic (exact) mass is 527 g/mol. The van der Waals surface area contributed by atoms with Crippen molar-refractivity contribution in [1.29, 1.82) is 0 Å². The lowest BCUT2D eigenvalue weighted by Gasteiger charge is -2.36. The summed E-state index contributed by atoms with van der Waals surface area (Å²) in [5.74, 6) is -0.869. The zero-order valence-electron chi connectivity index (χ0n) is 19.5. The Bertz CT molecular complexity index is 1390. The molecule has 188 valence electrons. The number of carbonyl (C=O) groups is 2. The van der Waals surface area contributed by atoms with E-state index in [2.05, 4.69) is 15.3 Å². The maximum atomic E-state index is 13.2. The minimum atomic E-state index is -3.87. The summed E-state index contributed by atoms with van der Waals surface area (Å²) in [6, 6.07) is 13.9. The van der Waals surface area contributed by atoms with Crippen LogP contribution in [0, 0.1) is 5.92 Å². The van der Waals surface area contributed by atoms with Crippen LogP contribution < -0.4 is 10.3 Å². The molecule has 9 nitrogen and oxygen atoms in total. The number of amides is 2. The smallest absolute Gasteiger partial charge is 0.256 e.